The average Bonchev–Trinajstić information content (AvgIpc) is 2.39. The third-order valence-corrected chi connectivity index (χ3v) is 3.15. The van der Waals surface area contributed by atoms with Crippen molar-refractivity contribution < 1.29 is 14.3 Å². The highest BCUT2D eigenvalue weighted by Crippen LogP contribution is 2.34. The monoisotopic (exact) mass is 279 g/mol. The maximum atomic E-state index is 11.7. The van der Waals surface area contributed by atoms with Gasteiger partial charge in [-0.2, -0.15) is 0 Å². The van der Waals surface area contributed by atoms with Crippen LogP contribution in [0.4, 0.5) is 5.69 Å². The predicted molar refractivity (Wildman–Crippen MR) is 76.9 cm³/mol. The minimum Gasteiger partial charge on any atom is -0.486 e. The Balaban J connectivity index is 2.07. The zero-order chi connectivity index (χ0) is 14.7. The highest BCUT2D eigenvalue weighted by molar-refractivity contribution is 5.77. The zero-order valence-corrected chi connectivity index (χ0v) is 12.2. The van der Waals surface area contributed by atoms with Crippen molar-refractivity contribution in [3.8, 4) is 11.5 Å². The van der Waals surface area contributed by atoms with Crippen LogP contribution in [0.3, 0.4) is 0 Å². The molecular weight excluding hydrogens is 258 g/mol. The Morgan fingerprint density at radius 3 is 2.40 bits per heavy atom. The van der Waals surface area contributed by atoms with Crippen LogP contribution < -0.4 is 15.2 Å². The summed E-state index contributed by atoms with van der Waals surface area (Å²) < 4.78 is 11.0. The van der Waals surface area contributed by atoms with Gasteiger partial charge in [0.25, 0.3) is 0 Å². The van der Waals surface area contributed by atoms with Crippen molar-refractivity contribution in [3.63, 3.8) is 0 Å². The molecular formula is C14H21N3O3. The lowest BCUT2D eigenvalue weighted by Crippen LogP contribution is -2.34. The van der Waals surface area contributed by atoms with Crippen LogP contribution >= 0.6 is 0 Å². The van der Waals surface area contributed by atoms with Gasteiger partial charge in [-0.1, -0.05) is 0 Å². The number of anilines is 1. The van der Waals surface area contributed by atoms with Crippen molar-refractivity contribution in [1.29, 1.82) is 0 Å². The molecule has 0 aromatic heterocycles. The van der Waals surface area contributed by atoms with Crippen molar-refractivity contribution in [2.45, 2.75) is 6.54 Å². The Labute approximate surface area is 119 Å². The van der Waals surface area contributed by atoms with Gasteiger partial charge < -0.3 is 20.1 Å². The Hall–Kier alpha value is -1.95. The van der Waals surface area contributed by atoms with E-state index in [0.29, 0.717) is 43.5 Å². The normalized spacial score (nSPS) is 13.4. The van der Waals surface area contributed by atoms with Gasteiger partial charge in [0.2, 0.25) is 5.91 Å². The fourth-order valence-corrected chi connectivity index (χ4v) is 2.00. The van der Waals surface area contributed by atoms with Crippen LogP contribution in [-0.2, 0) is 11.3 Å². The fourth-order valence-electron chi connectivity index (χ4n) is 2.00. The van der Waals surface area contributed by atoms with Crippen LogP contribution in [0.5, 0.6) is 11.5 Å². The molecule has 20 heavy (non-hydrogen) atoms. The molecule has 110 valence electrons. The van der Waals surface area contributed by atoms with Crippen molar-refractivity contribution >= 4 is 11.6 Å². The Morgan fingerprint density at radius 1 is 1.20 bits per heavy atom. The van der Waals surface area contributed by atoms with E-state index in [1.165, 1.54) is 0 Å². The van der Waals surface area contributed by atoms with Crippen molar-refractivity contribution in [3.05, 3.63) is 17.7 Å². The smallest absolute Gasteiger partial charge is 0.236 e. The number of likely N-dealkylation sites (N-methyl/N-ethyl adjacent to an activating group) is 2. The minimum absolute atomic E-state index is 0.0589. The number of nitrogens with two attached hydrogens (primary N) is 1. The summed E-state index contributed by atoms with van der Waals surface area (Å²) in [5.74, 6) is 1.46. The van der Waals surface area contributed by atoms with E-state index in [9.17, 15) is 4.79 Å². The van der Waals surface area contributed by atoms with E-state index in [4.69, 9.17) is 15.2 Å². The van der Waals surface area contributed by atoms with E-state index in [-0.39, 0.29) is 5.91 Å². The van der Waals surface area contributed by atoms with Crippen molar-refractivity contribution in [2.75, 3.05) is 46.6 Å². The van der Waals surface area contributed by atoms with Crippen LogP contribution in [0.15, 0.2) is 12.1 Å². The lowest BCUT2D eigenvalue weighted by Gasteiger charge is -2.23. The number of nitrogens with zero attached hydrogens (tertiary/aromatic N) is 2. The van der Waals surface area contributed by atoms with Gasteiger partial charge in [0.15, 0.2) is 11.5 Å². The number of hydrogen-bond acceptors (Lipinski definition) is 5. The number of fused-ring (bicyclic) bond motifs is 1. The molecule has 6 nitrogen and oxygen atoms in total. The van der Waals surface area contributed by atoms with Crippen LogP contribution in [0.25, 0.3) is 0 Å². The molecule has 1 heterocycles. The fraction of sp³-hybridized carbons (Fsp3) is 0.500. The van der Waals surface area contributed by atoms with Crippen molar-refractivity contribution in [2.24, 2.45) is 0 Å². The molecule has 6 heteroatoms. The topological polar surface area (TPSA) is 68.0 Å². The van der Waals surface area contributed by atoms with Gasteiger partial charge in [-0.05, 0) is 18.7 Å². The molecule has 0 unspecified atom stereocenters. The molecule has 0 atom stereocenters. The second-order valence-corrected chi connectivity index (χ2v) is 5.16. The second-order valence-electron chi connectivity index (χ2n) is 5.16. The number of benzene rings is 1. The lowest BCUT2D eigenvalue weighted by atomic mass is 10.1. The molecule has 2 N–H and O–H groups in total. The van der Waals surface area contributed by atoms with E-state index in [1.54, 1.807) is 25.1 Å². The largest absolute Gasteiger partial charge is 0.486 e. The zero-order valence-electron chi connectivity index (χ0n) is 12.2. The van der Waals surface area contributed by atoms with Crippen LogP contribution in [0.1, 0.15) is 5.56 Å². The summed E-state index contributed by atoms with van der Waals surface area (Å²) in [7, 11) is 5.38. The number of amides is 1. The predicted octanol–water partition coefficient (Wildman–Crippen LogP) is 0.560. The van der Waals surface area contributed by atoms with Crippen LogP contribution in [0.2, 0.25) is 0 Å². The summed E-state index contributed by atoms with van der Waals surface area (Å²) in [6, 6.07) is 3.67. The van der Waals surface area contributed by atoms with Gasteiger partial charge in [-0.25, -0.2) is 0 Å². The number of rotatable bonds is 4. The standard InChI is InChI=1S/C14H21N3O3/c1-16(2)14(18)9-17(3)8-10-6-12-13(7-11(10)15)20-5-4-19-12/h6-7H,4-5,8-9,15H2,1-3H3. The quantitative estimate of drug-likeness (QED) is 0.816. The van der Waals surface area contributed by atoms with Gasteiger partial charge >= 0.3 is 0 Å². The SMILES string of the molecule is CN(CC(=O)N(C)C)Cc1cc2c(cc1N)OCCO2. The number of carbonyl (C=O) groups is 1. The second kappa shape index (κ2) is 6.00. The third-order valence-electron chi connectivity index (χ3n) is 3.15. The average molecular weight is 279 g/mol. The number of ether oxygens (including phenoxy) is 2. The molecule has 0 spiro atoms. The number of nitrogen functional groups attached to an aromatic ring is 1. The van der Waals surface area contributed by atoms with Crippen LogP contribution in [0, 0.1) is 0 Å². The molecule has 1 aromatic carbocycles. The Kier molecular flexibility index (Phi) is 4.34. The molecule has 0 aliphatic carbocycles. The van der Waals surface area contributed by atoms with E-state index in [1.807, 2.05) is 18.0 Å². The van der Waals surface area contributed by atoms with Crippen molar-refractivity contribution in [1.82, 2.24) is 9.80 Å². The molecule has 1 aliphatic rings. The molecule has 0 saturated carbocycles. The van der Waals surface area contributed by atoms with Gasteiger partial charge in [-0.15, -0.1) is 0 Å². The van der Waals surface area contributed by atoms with Gasteiger partial charge in [0, 0.05) is 32.4 Å². The summed E-state index contributed by atoms with van der Waals surface area (Å²) in [4.78, 5) is 15.2. The molecule has 0 saturated heterocycles. The molecule has 0 bridgehead atoms. The number of carbonyl (C=O) groups excluding carboxylic acids is 1. The van der Waals surface area contributed by atoms with Gasteiger partial charge in [0.05, 0.1) is 6.54 Å². The minimum atomic E-state index is 0.0589. The first kappa shape index (κ1) is 14.5. The summed E-state index contributed by atoms with van der Waals surface area (Å²) in [6.07, 6.45) is 0. The maximum absolute atomic E-state index is 11.7. The summed E-state index contributed by atoms with van der Waals surface area (Å²) in [5.41, 5.74) is 7.61. The summed E-state index contributed by atoms with van der Waals surface area (Å²) in [5, 5.41) is 0. The molecule has 1 aliphatic heterocycles. The maximum Gasteiger partial charge on any atom is 0.236 e. The Bertz CT molecular complexity index is 503. The summed E-state index contributed by atoms with van der Waals surface area (Å²) in [6.45, 7) is 2.03. The third kappa shape index (κ3) is 3.33. The number of hydrogen-bond donors (Lipinski definition) is 1. The molecule has 2 rings (SSSR count). The van der Waals surface area contributed by atoms with E-state index < -0.39 is 0 Å². The van der Waals surface area contributed by atoms with Gasteiger partial charge in [0.1, 0.15) is 13.2 Å². The molecule has 1 amide bonds. The lowest BCUT2D eigenvalue weighted by molar-refractivity contribution is -0.129. The first-order valence-corrected chi connectivity index (χ1v) is 6.54. The van der Waals surface area contributed by atoms with E-state index in [0.717, 1.165) is 5.56 Å². The Morgan fingerprint density at radius 2 is 1.80 bits per heavy atom. The molecule has 0 fully saturated rings. The first-order chi connectivity index (χ1) is 9.47. The first-order valence-electron chi connectivity index (χ1n) is 6.54. The highest BCUT2D eigenvalue weighted by atomic mass is 16.6. The summed E-state index contributed by atoms with van der Waals surface area (Å²) >= 11 is 0. The highest BCUT2D eigenvalue weighted by Gasteiger charge is 2.16. The van der Waals surface area contributed by atoms with E-state index >= 15 is 0 Å². The van der Waals surface area contributed by atoms with Crippen LogP contribution in [-0.4, -0.2) is 56.6 Å². The molecule has 0 radical (unpaired) electrons. The van der Waals surface area contributed by atoms with Gasteiger partial charge in [-0.3, -0.25) is 9.69 Å². The molecule has 1 aromatic rings. The van der Waals surface area contributed by atoms with E-state index in [2.05, 4.69) is 0 Å².